The van der Waals surface area contributed by atoms with Gasteiger partial charge in [0.05, 0.1) is 12.2 Å². The summed E-state index contributed by atoms with van der Waals surface area (Å²) in [6.07, 6.45) is 1.24. The topological polar surface area (TPSA) is 124 Å². The van der Waals surface area contributed by atoms with E-state index in [1.165, 1.54) is 12.3 Å². The van der Waals surface area contributed by atoms with Crippen LogP contribution in [0.5, 0.6) is 0 Å². The average Bonchev–Trinajstić information content (AvgIpc) is 3.17. The van der Waals surface area contributed by atoms with E-state index in [2.05, 4.69) is 25.3 Å². The SMILES string of the molecule is Cc1cc(Cn2nnc3c(-c4cc(F)c[nH]4)nc(N)nc32)ccc1N. The monoisotopic (exact) mass is 338 g/mol. The average molecular weight is 338 g/mol. The number of hydrogen-bond donors (Lipinski definition) is 3. The predicted octanol–water partition coefficient (Wildman–Crippen LogP) is 1.88. The summed E-state index contributed by atoms with van der Waals surface area (Å²) >= 11 is 0. The second-order valence-corrected chi connectivity index (χ2v) is 5.77. The van der Waals surface area contributed by atoms with E-state index >= 15 is 0 Å². The summed E-state index contributed by atoms with van der Waals surface area (Å²) in [5.41, 5.74) is 16.2. The van der Waals surface area contributed by atoms with Crippen molar-refractivity contribution in [1.29, 1.82) is 0 Å². The van der Waals surface area contributed by atoms with Gasteiger partial charge in [0.2, 0.25) is 5.95 Å². The molecule has 0 spiro atoms. The Hall–Kier alpha value is -3.49. The second kappa shape index (κ2) is 5.55. The number of nitrogens with zero attached hydrogens (tertiary/aromatic N) is 5. The maximum Gasteiger partial charge on any atom is 0.222 e. The second-order valence-electron chi connectivity index (χ2n) is 5.77. The van der Waals surface area contributed by atoms with Crippen molar-refractivity contribution >= 4 is 22.8 Å². The van der Waals surface area contributed by atoms with Gasteiger partial charge in [-0.25, -0.2) is 14.1 Å². The summed E-state index contributed by atoms with van der Waals surface area (Å²) in [7, 11) is 0. The molecule has 3 heterocycles. The summed E-state index contributed by atoms with van der Waals surface area (Å²) in [5, 5.41) is 8.29. The molecule has 4 rings (SSSR count). The Balaban J connectivity index is 1.81. The molecular formula is C16H15FN8. The standard InChI is InChI=1S/C16H15FN8/c1-8-4-9(2-3-11(8)18)7-25-15-14(23-24-25)13(21-16(19)22-15)12-5-10(17)6-20-12/h2-6,20H,7,18H2,1H3,(H2,19,21,22). The molecule has 3 aromatic heterocycles. The van der Waals surface area contributed by atoms with Crippen LogP contribution in [0.3, 0.4) is 0 Å². The molecule has 0 fully saturated rings. The maximum atomic E-state index is 13.3. The third-order valence-electron chi connectivity index (χ3n) is 3.95. The number of aryl methyl sites for hydroxylation is 1. The number of halogens is 1. The van der Waals surface area contributed by atoms with E-state index < -0.39 is 5.82 Å². The third kappa shape index (κ3) is 2.65. The van der Waals surface area contributed by atoms with Gasteiger partial charge in [0.1, 0.15) is 11.5 Å². The van der Waals surface area contributed by atoms with Crippen molar-refractivity contribution in [2.24, 2.45) is 0 Å². The highest BCUT2D eigenvalue weighted by Crippen LogP contribution is 2.25. The molecule has 0 radical (unpaired) electrons. The van der Waals surface area contributed by atoms with Crippen molar-refractivity contribution in [3.63, 3.8) is 0 Å². The Labute approximate surface area is 141 Å². The van der Waals surface area contributed by atoms with E-state index in [9.17, 15) is 4.39 Å². The van der Waals surface area contributed by atoms with E-state index in [-0.39, 0.29) is 5.95 Å². The Kier molecular flexibility index (Phi) is 3.34. The lowest BCUT2D eigenvalue weighted by Gasteiger charge is -2.06. The first-order chi connectivity index (χ1) is 12.0. The smallest absolute Gasteiger partial charge is 0.222 e. The zero-order chi connectivity index (χ0) is 17.6. The molecule has 0 amide bonds. The number of nitrogen functional groups attached to an aromatic ring is 2. The molecule has 5 N–H and O–H groups in total. The Morgan fingerprint density at radius 2 is 2.04 bits per heavy atom. The largest absolute Gasteiger partial charge is 0.399 e. The van der Waals surface area contributed by atoms with Gasteiger partial charge in [-0.1, -0.05) is 17.3 Å². The summed E-state index contributed by atoms with van der Waals surface area (Å²) in [6, 6.07) is 7.07. The summed E-state index contributed by atoms with van der Waals surface area (Å²) in [4.78, 5) is 11.2. The molecular weight excluding hydrogens is 323 g/mol. The molecule has 4 aromatic rings. The van der Waals surface area contributed by atoms with Crippen LogP contribution in [0.1, 0.15) is 11.1 Å². The van der Waals surface area contributed by atoms with E-state index in [1.54, 1.807) is 4.68 Å². The zero-order valence-corrected chi connectivity index (χ0v) is 13.4. The van der Waals surface area contributed by atoms with Crippen molar-refractivity contribution in [2.75, 3.05) is 11.5 Å². The molecule has 8 nitrogen and oxygen atoms in total. The van der Waals surface area contributed by atoms with Crippen LogP contribution in [0, 0.1) is 12.7 Å². The molecule has 0 unspecified atom stereocenters. The first kappa shape index (κ1) is 15.1. The van der Waals surface area contributed by atoms with Crippen molar-refractivity contribution in [3.8, 4) is 11.4 Å². The Morgan fingerprint density at radius 3 is 2.76 bits per heavy atom. The molecule has 0 aliphatic rings. The summed E-state index contributed by atoms with van der Waals surface area (Å²) < 4.78 is 14.9. The zero-order valence-electron chi connectivity index (χ0n) is 13.4. The van der Waals surface area contributed by atoms with Gasteiger partial charge in [0.25, 0.3) is 0 Å². The third-order valence-corrected chi connectivity index (χ3v) is 3.95. The fourth-order valence-electron chi connectivity index (χ4n) is 2.68. The number of nitrogens with one attached hydrogen (secondary N) is 1. The fourth-order valence-corrected chi connectivity index (χ4v) is 2.68. The minimum atomic E-state index is -0.398. The fraction of sp³-hybridized carbons (Fsp3) is 0.125. The van der Waals surface area contributed by atoms with Gasteiger partial charge in [-0.3, -0.25) is 0 Å². The molecule has 9 heteroatoms. The highest BCUT2D eigenvalue weighted by molar-refractivity contribution is 5.86. The molecule has 0 saturated heterocycles. The maximum absolute atomic E-state index is 13.3. The van der Waals surface area contributed by atoms with Crippen LogP contribution in [0.15, 0.2) is 30.5 Å². The molecule has 25 heavy (non-hydrogen) atoms. The highest BCUT2D eigenvalue weighted by Gasteiger charge is 2.17. The summed E-state index contributed by atoms with van der Waals surface area (Å²) in [5.74, 6) is -0.334. The van der Waals surface area contributed by atoms with E-state index in [0.717, 1.165) is 16.8 Å². The number of H-pyrrole nitrogens is 1. The van der Waals surface area contributed by atoms with Gasteiger partial charge in [-0.05, 0) is 24.1 Å². The van der Waals surface area contributed by atoms with Crippen LogP contribution in [-0.2, 0) is 6.54 Å². The van der Waals surface area contributed by atoms with Gasteiger partial charge in [-0.2, -0.15) is 4.98 Å². The number of fused-ring (bicyclic) bond motifs is 1. The number of hydrogen-bond acceptors (Lipinski definition) is 6. The van der Waals surface area contributed by atoms with Crippen molar-refractivity contribution in [2.45, 2.75) is 13.5 Å². The molecule has 126 valence electrons. The first-order valence-electron chi connectivity index (χ1n) is 7.57. The number of aromatic amines is 1. The van der Waals surface area contributed by atoms with Gasteiger partial charge in [-0.15, -0.1) is 5.10 Å². The van der Waals surface area contributed by atoms with Gasteiger partial charge < -0.3 is 16.5 Å². The van der Waals surface area contributed by atoms with Gasteiger partial charge in [0, 0.05) is 18.0 Å². The molecule has 0 bridgehead atoms. The number of benzene rings is 1. The van der Waals surface area contributed by atoms with Crippen LogP contribution in [0.4, 0.5) is 16.0 Å². The Bertz CT molecular complexity index is 1080. The van der Waals surface area contributed by atoms with E-state index in [4.69, 9.17) is 11.5 Å². The lowest BCUT2D eigenvalue weighted by atomic mass is 10.1. The molecule has 1 aromatic carbocycles. The van der Waals surface area contributed by atoms with Crippen LogP contribution in [0.25, 0.3) is 22.6 Å². The first-order valence-corrected chi connectivity index (χ1v) is 7.57. The van der Waals surface area contributed by atoms with Crippen molar-refractivity contribution in [1.82, 2.24) is 29.9 Å². The number of aromatic nitrogens is 6. The molecule has 0 aliphatic heterocycles. The van der Waals surface area contributed by atoms with Crippen LogP contribution >= 0.6 is 0 Å². The lowest BCUT2D eigenvalue weighted by Crippen LogP contribution is -2.05. The van der Waals surface area contributed by atoms with E-state index in [0.29, 0.717) is 29.1 Å². The van der Waals surface area contributed by atoms with E-state index in [1.807, 2.05) is 25.1 Å². The predicted molar refractivity (Wildman–Crippen MR) is 92.0 cm³/mol. The van der Waals surface area contributed by atoms with Crippen LogP contribution in [0.2, 0.25) is 0 Å². The lowest BCUT2D eigenvalue weighted by molar-refractivity contribution is 0.630. The number of nitrogens with two attached hydrogens (primary N) is 2. The normalized spacial score (nSPS) is 11.3. The number of anilines is 2. The summed E-state index contributed by atoms with van der Waals surface area (Å²) in [6.45, 7) is 2.39. The molecule has 0 saturated carbocycles. The minimum Gasteiger partial charge on any atom is -0.399 e. The Morgan fingerprint density at radius 1 is 1.20 bits per heavy atom. The molecule has 0 atom stereocenters. The van der Waals surface area contributed by atoms with Gasteiger partial charge in [0.15, 0.2) is 11.2 Å². The quantitative estimate of drug-likeness (QED) is 0.490. The van der Waals surface area contributed by atoms with Crippen molar-refractivity contribution < 1.29 is 4.39 Å². The van der Waals surface area contributed by atoms with Gasteiger partial charge >= 0.3 is 0 Å². The number of rotatable bonds is 3. The molecule has 0 aliphatic carbocycles. The van der Waals surface area contributed by atoms with Crippen LogP contribution < -0.4 is 11.5 Å². The minimum absolute atomic E-state index is 0.0644. The van der Waals surface area contributed by atoms with Crippen molar-refractivity contribution in [3.05, 3.63) is 47.4 Å². The van der Waals surface area contributed by atoms with Crippen LogP contribution in [-0.4, -0.2) is 29.9 Å². The highest BCUT2D eigenvalue weighted by atomic mass is 19.1.